The van der Waals surface area contributed by atoms with E-state index < -0.39 is 11.7 Å². The normalized spacial score (nSPS) is 18.0. The molecule has 6 rings (SSSR count). The first-order valence-corrected chi connectivity index (χ1v) is 15.4. The zero-order valence-corrected chi connectivity index (χ0v) is 26.6. The standard InChI is InChI=1S/C31H37ClN6O7/c1-30(2,3)45-29(41)37-12-14-43-24-16-22(23(42-4)15-21(24)37)38-20-17-25(32)34-18-19(20)26(35-38)27(39)33-8-11-36-9-5-31(6-10-36)7-13-44-28(31)40/h15-18H,5-14H2,1-4H3,(H,33,39). The van der Waals surface area contributed by atoms with Gasteiger partial charge < -0.3 is 29.2 Å². The number of halogens is 1. The summed E-state index contributed by atoms with van der Waals surface area (Å²) >= 11 is 6.29. The van der Waals surface area contributed by atoms with Gasteiger partial charge >= 0.3 is 12.1 Å². The fourth-order valence-electron chi connectivity index (χ4n) is 6.07. The summed E-state index contributed by atoms with van der Waals surface area (Å²) in [6, 6.07) is 5.04. The van der Waals surface area contributed by atoms with Crippen LogP contribution >= 0.6 is 11.6 Å². The number of nitrogens with one attached hydrogen (secondary N) is 1. The van der Waals surface area contributed by atoms with Crippen molar-refractivity contribution < 1.29 is 33.3 Å². The van der Waals surface area contributed by atoms with E-state index in [0.29, 0.717) is 60.0 Å². The molecule has 3 aliphatic heterocycles. The third-order valence-corrected chi connectivity index (χ3v) is 8.69. The summed E-state index contributed by atoms with van der Waals surface area (Å²) in [6.07, 6.45) is 3.35. The Balaban J connectivity index is 1.23. The fourth-order valence-corrected chi connectivity index (χ4v) is 6.22. The number of carbonyl (C=O) groups is 3. The number of rotatable bonds is 6. The maximum absolute atomic E-state index is 13.5. The Hall–Kier alpha value is -4.10. The second-order valence-corrected chi connectivity index (χ2v) is 12.9. The average molecular weight is 641 g/mol. The van der Waals surface area contributed by atoms with Crippen LogP contribution in [0.15, 0.2) is 24.4 Å². The van der Waals surface area contributed by atoms with Crippen molar-refractivity contribution in [3.63, 3.8) is 0 Å². The molecule has 0 unspecified atom stereocenters. The molecule has 2 saturated heterocycles. The van der Waals surface area contributed by atoms with E-state index in [2.05, 4.69) is 20.3 Å². The van der Waals surface area contributed by atoms with Gasteiger partial charge in [0.1, 0.15) is 34.5 Å². The van der Waals surface area contributed by atoms with E-state index in [1.807, 2.05) is 20.8 Å². The summed E-state index contributed by atoms with van der Waals surface area (Å²) in [5, 5.41) is 8.40. The van der Waals surface area contributed by atoms with Crippen LogP contribution in [0.2, 0.25) is 5.15 Å². The third-order valence-electron chi connectivity index (χ3n) is 8.49. The molecule has 1 N–H and O–H groups in total. The highest BCUT2D eigenvalue weighted by atomic mass is 35.5. The highest BCUT2D eigenvalue weighted by Gasteiger charge is 2.46. The average Bonchev–Trinajstić information content (AvgIpc) is 3.55. The lowest BCUT2D eigenvalue weighted by molar-refractivity contribution is -0.148. The second-order valence-electron chi connectivity index (χ2n) is 12.5. The molecule has 240 valence electrons. The van der Waals surface area contributed by atoms with Gasteiger partial charge in [-0.2, -0.15) is 5.10 Å². The summed E-state index contributed by atoms with van der Waals surface area (Å²) in [6.45, 7) is 9.11. The van der Waals surface area contributed by atoms with Crippen LogP contribution in [-0.4, -0.2) is 96.3 Å². The topological polar surface area (TPSA) is 137 Å². The highest BCUT2D eigenvalue weighted by molar-refractivity contribution is 6.30. The largest absolute Gasteiger partial charge is 0.494 e. The predicted octanol–water partition coefficient (Wildman–Crippen LogP) is 3.98. The van der Waals surface area contributed by atoms with E-state index in [1.54, 1.807) is 22.9 Å². The van der Waals surface area contributed by atoms with Gasteiger partial charge in [-0.3, -0.25) is 14.5 Å². The molecule has 2 fully saturated rings. The Bertz CT molecular complexity index is 1640. The molecular formula is C31H37ClN6O7. The molecule has 45 heavy (non-hydrogen) atoms. The van der Waals surface area contributed by atoms with Crippen LogP contribution in [-0.2, 0) is 14.3 Å². The number of esters is 1. The number of hydrogen-bond acceptors (Lipinski definition) is 10. The van der Waals surface area contributed by atoms with Crippen molar-refractivity contribution in [3.8, 4) is 17.2 Å². The molecule has 2 aromatic heterocycles. The number of cyclic esters (lactones) is 1. The number of ether oxygens (including phenoxy) is 4. The zero-order chi connectivity index (χ0) is 31.9. The SMILES string of the molecule is COc1cc2c(cc1-n1nc(C(=O)NCCN3CCC4(CCOC4=O)CC3)c3cnc(Cl)cc31)OCCN2C(=O)OC(C)(C)C. The van der Waals surface area contributed by atoms with Crippen molar-refractivity contribution in [2.75, 3.05) is 57.9 Å². The molecule has 3 aromatic rings. The summed E-state index contributed by atoms with van der Waals surface area (Å²) < 4.78 is 24.1. The Morgan fingerprint density at radius 2 is 1.84 bits per heavy atom. The molecule has 1 aromatic carbocycles. The molecule has 5 heterocycles. The van der Waals surface area contributed by atoms with E-state index in [1.165, 1.54) is 18.2 Å². The first kappa shape index (κ1) is 30.9. The van der Waals surface area contributed by atoms with E-state index in [-0.39, 0.29) is 34.7 Å². The number of fused-ring (bicyclic) bond motifs is 2. The van der Waals surface area contributed by atoms with Crippen LogP contribution < -0.4 is 19.7 Å². The molecule has 3 aliphatic rings. The lowest BCUT2D eigenvalue weighted by atomic mass is 9.77. The Morgan fingerprint density at radius 1 is 1.07 bits per heavy atom. The summed E-state index contributed by atoms with van der Waals surface area (Å²) in [5.74, 6) is 0.395. The van der Waals surface area contributed by atoms with Crippen molar-refractivity contribution in [3.05, 3.63) is 35.2 Å². The molecule has 0 aliphatic carbocycles. The number of benzene rings is 1. The molecule has 0 atom stereocenters. The van der Waals surface area contributed by atoms with Crippen LogP contribution in [0.25, 0.3) is 16.6 Å². The monoisotopic (exact) mass is 640 g/mol. The van der Waals surface area contributed by atoms with E-state index in [4.69, 9.17) is 30.5 Å². The van der Waals surface area contributed by atoms with Gasteiger partial charge in [0.15, 0.2) is 5.69 Å². The predicted molar refractivity (Wildman–Crippen MR) is 166 cm³/mol. The van der Waals surface area contributed by atoms with Gasteiger partial charge in [-0.25, -0.2) is 14.5 Å². The number of carbonyl (C=O) groups excluding carboxylic acids is 3. The van der Waals surface area contributed by atoms with Gasteiger partial charge in [-0.15, -0.1) is 0 Å². The number of pyridine rings is 1. The number of hydrogen-bond donors (Lipinski definition) is 1. The molecule has 14 heteroatoms. The van der Waals surface area contributed by atoms with Crippen molar-refractivity contribution in [1.82, 2.24) is 25.0 Å². The minimum atomic E-state index is -0.667. The molecule has 2 amide bonds. The maximum Gasteiger partial charge on any atom is 0.415 e. The van der Waals surface area contributed by atoms with Gasteiger partial charge in [-0.1, -0.05) is 11.6 Å². The third kappa shape index (κ3) is 6.10. The molecule has 0 bridgehead atoms. The number of methoxy groups -OCH3 is 1. The number of piperidine rings is 1. The summed E-state index contributed by atoms with van der Waals surface area (Å²) in [4.78, 5) is 46.6. The Morgan fingerprint density at radius 3 is 2.53 bits per heavy atom. The van der Waals surface area contributed by atoms with Crippen LogP contribution in [0, 0.1) is 5.41 Å². The molecule has 1 spiro atoms. The van der Waals surface area contributed by atoms with E-state index in [0.717, 1.165) is 32.4 Å². The van der Waals surface area contributed by atoms with Crippen molar-refractivity contribution >= 4 is 46.2 Å². The minimum absolute atomic E-state index is 0.0749. The van der Waals surface area contributed by atoms with E-state index in [9.17, 15) is 14.4 Å². The maximum atomic E-state index is 13.5. The van der Waals surface area contributed by atoms with Crippen LogP contribution in [0.1, 0.15) is 50.5 Å². The quantitative estimate of drug-likeness (QED) is 0.311. The Kier molecular flexibility index (Phi) is 8.25. The van der Waals surface area contributed by atoms with Crippen LogP contribution in [0.3, 0.4) is 0 Å². The van der Waals surface area contributed by atoms with Crippen LogP contribution in [0.5, 0.6) is 11.5 Å². The highest BCUT2D eigenvalue weighted by Crippen LogP contribution is 2.42. The number of amides is 2. The minimum Gasteiger partial charge on any atom is -0.494 e. The van der Waals surface area contributed by atoms with Crippen LogP contribution in [0.4, 0.5) is 10.5 Å². The first-order chi connectivity index (χ1) is 21.5. The van der Waals surface area contributed by atoms with Crippen molar-refractivity contribution in [1.29, 1.82) is 0 Å². The number of nitrogens with zero attached hydrogens (tertiary/aromatic N) is 5. The van der Waals surface area contributed by atoms with Gasteiger partial charge in [0.25, 0.3) is 5.91 Å². The fraction of sp³-hybridized carbons (Fsp3) is 0.516. The van der Waals surface area contributed by atoms with Gasteiger partial charge in [-0.05, 0) is 53.1 Å². The zero-order valence-electron chi connectivity index (χ0n) is 25.9. The molecule has 0 radical (unpaired) electrons. The summed E-state index contributed by atoms with van der Waals surface area (Å²) in [7, 11) is 1.51. The lowest BCUT2D eigenvalue weighted by Crippen LogP contribution is -2.45. The van der Waals surface area contributed by atoms with Crippen molar-refractivity contribution in [2.24, 2.45) is 5.41 Å². The van der Waals surface area contributed by atoms with Gasteiger partial charge in [0, 0.05) is 37.5 Å². The number of likely N-dealkylation sites (tertiary alicyclic amines) is 1. The number of anilines is 1. The molecule has 13 nitrogen and oxygen atoms in total. The molecule has 0 saturated carbocycles. The smallest absolute Gasteiger partial charge is 0.415 e. The van der Waals surface area contributed by atoms with Crippen molar-refractivity contribution in [2.45, 2.75) is 45.6 Å². The number of aromatic nitrogens is 3. The second kappa shape index (κ2) is 12.0. The Labute approximate surface area is 265 Å². The van der Waals surface area contributed by atoms with Gasteiger partial charge in [0.05, 0.1) is 42.3 Å². The van der Waals surface area contributed by atoms with E-state index >= 15 is 0 Å². The van der Waals surface area contributed by atoms with Gasteiger partial charge in [0.2, 0.25) is 0 Å². The summed E-state index contributed by atoms with van der Waals surface area (Å²) in [5.41, 5.74) is 0.704. The first-order valence-electron chi connectivity index (χ1n) is 15.1. The molecular weight excluding hydrogens is 604 g/mol. The lowest BCUT2D eigenvalue weighted by Gasteiger charge is -2.36.